The van der Waals surface area contributed by atoms with Crippen molar-refractivity contribution in [2.45, 2.75) is 17.7 Å². The van der Waals surface area contributed by atoms with Crippen LogP contribution in [0, 0.1) is 18.3 Å². The molecular weight excluding hydrogens is 448 g/mol. The number of terminal acetylenes is 1. The lowest BCUT2D eigenvalue weighted by Gasteiger charge is -2.38. The van der Waals surface area contributed by atoms with Gasteiger partial charge in [-0.15, -0.1) is 18.8 Å². The molecule has 0 unspecified atom stereocenters. The van der Waals surface area contributed by atoms with Crippen LogP contribution in [-0.2, 0) is 14.8 Å². The van der Waals surface area contributed by atoms with Gasteiger partial charge in [-0.1, -0.05) is 5.92 Å². The smallest absolute Gasteiger partial charge is 0.243 e. The number of rotatable bonds is 5. The molecule has 0 bridgehead atoms. The maximum Gasteiger partial charge on any atom is 0.243 e. The molecular formula is C23H27ClN4O3S. The highest BCUT2D eigenvalue weighted by Crippen LogP contribution is 2.25. The van der Waals surface area contributed by atoms with Gasteiger partial charge in [0.05, 0.1) is 11.4 Å². The molecule has 2 aliphatic rings. The van der Waals surface area contributed by atoms with Gasteiger partial charge in [-0.25, -0.2) is 8.42 Å². The monoisotopic (exact) mass is 474 g/mol. The Hall–Kier alpha value is -2.60. The van der Waals surface area contributed by atoms with Gasteiger partial charge in [-0.2, -0.15) is 4.31 Å². The topological polar surface area (TPSA) is 73.8 Å². The summed E-state index contributed by atoms with van der Waals surface area (Å²) in [5, 5.41) is 0. The number of halogens is 1. The summed E-state index contributed by atoms with van der Waals surface area (Å²) in [5.41, 5.74) is 1.80. The molecule has 2 fully saturated rings. The summed E-state index contributed by atoms with van der Waals surface area (Å²) < 4.78 is 27.1. The normalized spacial score (nSPS) is 18.2. The number of pyridine rings is 1. The van der Waals surface area contributed by atoms with Gasteiger partial charge in [-0.3, -0.25) is 9.78 Å². The van der Waals surface area contributed by atoms with E-state index in [0.29, 0.717) is 31.1 Å². The van der Waals surface area contributed by atoms with E-state index < -0.39 is 10.0 Å². The van der Waals surface area contributed by atoms with Gasteiger partial charge in [-0.05, 0) is 55.2 Å². The van der Waals surface area contributed by atoms with Crippen LogP contribution < -0.4 is 4.90 Å². The van der Waals surface area contributed by atoms with E-state index >= 15 is 0 Å². The number of benzene rings is 1. The van der Waals surface area contributed by atoms with Crippen LogP contribution in [0.4, 0.5) is 5.69 Å². The summed E-state index contributed by atoms with van der Waals surface area (Å²) in [5.74, 6) is 2.77. The molecule has 1 aromatic carbocycles. The van der Waals surface area contributed by atoms with Crippen molar-refractivity contribution in [2.24, 2.45) is 5.92 Å². The Labute approximate surface area is 195 Å². The molecule has 170 valence electrons. The second-order valence-electron chi connectivity index (χ2n) is 7.98. The van der Waals surface area contributed by atoms with Crippen LogP contribution in [-0.4, -0.2) is 67.8 Å². The van der Waals surface area contributed by atoms with Crippen molar-refractivity contribution in [1.82, 2.24) is 14.2 Å². The fourth-order valence-electron chi connectivity index (χ4n) is 4.20. The van der Waals surface area contributed by atoms with E-state index in [1.807, 2.05) is 17.0 Å². The Bertz CT molecular complexity index is 1060. The molecule has 2 aromatic rings. The number of sulfonamides is 1. The predicted octanol–water partition coefficient (Wildman–Crippen LogP) is 2.23. The van der Waals surface area contributed by atoms with E-state index in [-0.39, 0.29) is 29.8 Å². The minimum atomic E-state index is -3.71. The fraction of sp³-hybridized carbons (Fsp3) is 0.391. The van der Waals surface area contributed by atoms with Gasteiger partial charge in [0.25, 0.3) is 0 Å². The van der Waals surface area contributed by atoms with Crippen LogP contribution in [0.3, 0.4) is 0 Å². The highest BCUT2D eigenvalue weighted by Gasteiger charge is 2.34. The number of nitrogens with zero attached hydrogens (tertiary/aromatic N) is 4. The van der Waals surface area contributed by atoms with Crippen molar-refractivity contribution in [3.8, 4) is 12.3 Å². The zero-order chi connectivity index (χ0) is 21.8. The minimum Gasteiger partial charge on any atom is -0.371 e. The molecule has 0 spiro atoms. The Balaban J connectivity index is 0.00000289. The Kier molecular flexibility index (Phi) is 7.77. The summed E-state index contributed by atoms with van der Waals surface area (Å²) in [7, 11) is -3.71. The van der Waals surface area contributed by atoms with Crippen LogP contribution in [0.15, 0.2) is 53.7 Å². The van der Waals surface area contributed by atoms with Crippen molar-refractivity contribution in [2.75, 3.05) is 44.2 Å². The second-order valence-corrected chi connectivity index (χ2v) is 9.92. The molecule has 32 heavy (non-hydrogen) atoms. The van der Waals surface area contributed by atoms with Crippen molar-refractivity contribution in [1.29, 1.82) is 0 Å². The summed E-state index contributed by atoms with van der Waals surface area (Å²) >= 11 is 0. The van der Waals surface area contributed by atoms with E-state index in [9.17, 15) is 13.2 Å². The fourth-order valence-corrected chi connectivity index (χ4v) is 5.58. The molecule has 1 amide bonds. The largest absolute Gasteiger partial charge is 0.371 e. The standard InChI is InChI=1S/C23H26N4O3S.ClH/c1-2-19-3-5-22(6-4-19)31(29,30)27-16-15-26(23(28)18-27)17-20-9-13-25(14-10-20)21-7-11-24-12-8-21;/h1,3-8,11-12,20H,9-10,13-18H2;1H. The van der Waals surface area contributed by atoms with Gasteiger partial charge in [0.15, 0.2) is 0 Å². The summed E-state index contributed by atoms with van der Waals surface area (Å²) in [6.45, 7) is 3.20. The van der Waals surface area contributed by atoms with E-state index in [0.717, 1.165) is 25.9 Å². The van der Waals surface area contributed by atoms with Gasteiger partial charge < -0.3 is 9.80 Å². The first-order valence-electron chi connectivity index (χ1n) is 10.5. The third kappa shape index (κ3) is 5.23. The number of anilines is 1. The minimum absolute atomic E-state index is 0. The number of amides is 1. The lowest BCUT2D eigenvalue weighted by atomic mass is 9.95. The molecule has 9 heteroatoms. The molecule has 3 heterocycles. The van der Waals surface area contributed by atoms with Gasteiger partial charge in [0.2, 0.25) is 15.9 Å². The third-order valence-corrected chi connectivity index (χ3v) is 7.92. The van der Waals surface area contributed by atoms with Crippen LogP contribution in [0.1, 0.15) is 18.4 Å². The van der Waals surface area contributed by atoms with E-state index in [4.69, 9.17) is 6.42 Å². The van der Waals surface area contributed by atoms with Crippen molar-refractivity contribution in [3.63, 3.8) is 0 Å². The highest BCUT2D eigenvalue weighted by atomic mass is 35.5. The van der Waals surface area contributed by atoms with E-state index in [2.05, 4.69) is 15.8 Å². The zero-order valence-electron chi connectivity index (χ0n) is 17.8. The molecule has 0 radical (unpaired) electrons. The Morgan fingerprint density at radius 2 is 1.66 bits per heavy atom. The molecule has 2 aliphatic heterocycles. The molecule has 0 atom stereocenters. The highest BCUT2D eigenvalue weighted by molar-refractivity contribution is 7.89. The van der Waals surface area contributed by atoms with Gasteiger partial charge in [0, 0.05) is 56.4 Å². The average molecular weight is 475 g/mol. The van der Waals surface area contributed by atoms with Crippen molar-refractivity contribution in [3.05, 3.63) is 54.4 Å². The first-order valence-corrected chi connectivity index (χ1v) is 11.9. The quantitative estimate of drug-likeness (QED) is 0.621. The maximum absolute atomic E-state index is 12.9. The lowest BCUT2D eigenvalue weighted by Crippen LogP contribution is -2.53. The van der Waals surface area contributed by atoms with Gasteiger partial charge in [0.1, 0.15) is 0 Å². The van der Waals surface area contributed by atoms with Crippen LogP contribution in [0.5, 0.6) is 0 Å². The number of piperidine rings is 1. The van der Waals surface area contributed by atoms with Crippen molar-refractivity contribution >= 4 is 34.0 Å². The molecule has 2 saturated heterocycles. The SMILES string of the molecule is C#Cc1ccc(S(=O)(=O)N2CCN(CC3CCN(c4ccncc4)CC3)C(=O)C2)cc1.Cl. The number of carbonyl (C=O) groups excluding carboxylic acids is 1. The number of carbonyl (C=O) groups is 1. The number of hydrogen-bond acceptors (Lipinski definition) is 5. The number of hydrogen-bond donors (Lipinski definition) is 0. The summed E-state index contributed by atoms with van der Waals surface area (Å²) in [6.07, 6.45) is 11.0. The first kappa shape index (κ1) is 24.1. The molecule has 0 N–H and O–H groups in total. The Morgan fingerprint density at radius 1 is 1.00 bits per heavy atom. The number of piperazine rings is 1. The zero-order valence-corrected chi connectivity index (χ0v) is 19.4. The molecule has 7 nitrogen and oxygen atoms in total. The maximum atomic E-state index is 12.9. The summed E-state index contributed by atoms with van der Waals surface area (Å²) in [4.78, 5) is 21.1. The average Bonchev–Trinajstić information content (AvgIpc) is 2.81. The van der Waals surface area contributed by atoms with E-state index in [1.54, 1.807) is 24.5 Å². The molecule has 4 rings (SSSR count). The first-order chi connectivity index (χ1) is 15.0. The summed E-state index contributed by atoms with van der Waals surface area (Å²) in [6, 6.07) is 10.2. The Morgan fingerprint density at radius 3 is 2.25 bits per heavy atom. The molecule has 0 aliphatic carbocycles. The van der Waals surface area contributed by atoms with E-state index in [1.165, 1.54) is 22.1 Å². The molecule has 0 saturated carbocycles. The lowest BCUT2D eigenvalue weighted by molar-refractivity contribution is -0.134. The van der Waals surface area contributed by atoms with Crippen LogP contribution >= 0.6 is 12.4 Å². The second kappa shape index (κ2) is 10.3. The van der Waals surface area contributed by atoms with Gasteiger partial charge >= 0.3 is 0 Å². The van der Waals surface area contributed by atoms with Crippen LogP contribution in [0.25, 0.3) is 0 Å². The predicted molar refractivity (Wildman–Crippen MR) is 126 cm³/mol. The number of aromatic nitrogens is 1. The van der Waals surface area contributed by atoms with Crippen molar-refractivity contribution < 1.29 is 13.2 Å². The third-order valence-electron chi connectivity index (χ3n) is 6.06. The molecule has 1 aromatic heterocycles. The van der Waals surface area contributed by atoms with Crippen LogP contribution in [0.2, 0.25) is 0 Å².